The summed E-state index contributed by atoms with van der Waals surface area (Å²) in [5.74, 6) is 0.221. The van der Waals surface area contributed by atoms with Crippen molar-refractivity contribution in [1.82, 2.24) is 5.32 Å². The first-order chi connectivity index (χ1) is 9.88. The average molecular weight is 327 g/mol. The second-order valence-electron chi connectivity index (χ2n) is 4.56. The van der Waals surface area contributed by atoms with Gasteiger partial charge in [0.25, 0.3) is 0 Å². The summed E-state index contributed by atoms with van der Waals surface area (Å²) in [5.41, 5.74) is 0. The SMILES string of the molecule is COC(=O)[C@H](CCSC)NCC(O)C(O)C(O)C(O)CO. The Bertz CT molecular complexity index is 295. The van der Waals surface area contributed by atoms with Gasteiger partial charge in [0, 0.05) is 6.54 Å². The van der Waals surface area contributed by atoms with Crippen LogP contribution in [0.4, 0.5) is 0 Å². The Hall–Kier alpha value is -0.420. The third kappa shape index (κ3) is 7.41. The number of carbonyl (C=O) groups excluding carboxylic acids is 1. The zero-order valence-electron chi connectivity index (χ0n) is 12.2. The van der Waals surface area contributed by atoms with Crippen LogP contribution in [0.5, 0.6) is 0 Å². The van der Waals surface area contributed by atoms with E-state index in [0.29, 0.717) is 12.2 Å². The van der Waals surface area contributed by atoms with E-state index in [2.05, 4.69) is 10.1 Å². The molecule has 6 N–H and O–H groups in total. The van der Waals surface area contributed by atoms with E-state index in [1.54, 1.807) is 11.8 Å². The number of methoxy groups -OCH3 is 1. The van der Waals surface area contributed by atoms with E-state index in [1.807, 2.05) is 6.26 Å². The van der Waals surface area contributed by atoms with Crippen LogP contribution in [0.2, 0.25) is 0 Å². The number of carbonyl (C=O) groups is 1. The van der Waals surface area contributed by atoms with Crippen LogP contribution < -0.4 is 5.32 Å². The van der Waals surface area contributed by atoms with Crippen LogP contribution in [-0.2, 0) is 9.53 Å². The van der Waals surface area contributed by atoms with Crippen LogP contribution in [0.15, 0.2) is 0 Å². The molecule has 4 unspecified atom stereocenters. The number of esters is 1. The maximum absolute atomic E-state index is 11.5. The van der Waals surface area contributed by atoms with Crippen molar-refractivity contribution in [3.05, 3.63) is 0 Å². The first-order valence-corrected chi connectivity index (χ1v) is 7.91. The van der Waals surface area contributed by atoms with Crippen molar-refractivity contribution in [2.45, 2.75) is 36.9 Å². The highest BCUT2D eigenvalue weighted by Gasteiger charge is 2.30. The Morgan fingerprint density at radius 3 is 2.24 bits per heavy atom. The second kappa shape index (κ2) is 11.2. The van der Waals surface area contributed by atoms with E-state index >= 15 is 0 Å². The second-order valence-corrected chi connectivity index (χ2v) is 5.55. The zero-order valence-corrected chi connectivity index (χ0v) is 13.0. The molecule has 0 fully saturated rings. The zero-order chi connectivity index (χ0) is 16.4. The molecule has 0 aromatic carbocycles. The normalized spacial score (nSPS) is 18.6. The molecular weight excluding hydrogens is 302 g/mol. The van der Waals surface area contributed by atoms with Gasteiger partial charge >= 0.3 is 5.97 Å². The van der Waals surface area contributed by atoms with E-state index in [4.69, 9.17) is 5.11 Å². The largest absolute Gasteiger partial charge is 0.468 e. The fourth-order valence-electron chi connectivity index (χ4n) is 1.63. The number of aliphatic hydroxyl groups is 5. The van der Waals surface area contributed by atoms with Gasteiger partial charge in [0.05, 0.1) is 19.8 Å². The van der Waals surface area contributed by atoms with Gasteiger partial charge in [0.2, 0.25) is 0 Å². The quantitative estimate of drug-likeness (QED) is 0.224. The summed E-state index contributed by atoms with van der Waals surface area (Å²) in [7, 11) is 1.25. The first kappa shape index (κ1) is 20.6. The lowest BCUT2D eigenvalue weighted by Crippen LogP contribution is -2.51. The Balaban J connectivity index is 4.40. The molecule has 0 aromatic heterocycles. The van der Waals surface area contributed by atoms with Crippen molar-refractivity contribution in [1.29, 1.82) is 0 Å². The van der Waals surface area contributed by atoms with Gasteiger partial charge in [-0.15, -0.1) is 0 Å². The number of ether oxygens (including phenoxy) is 1. The summed E-state index contributed by atoms with van der Waals surface area (Å²) in [6, 6.07) is -0.635. The van der Waals surface area contributed by atoms with E-state index < -0.39 is 43.0 Å². The first-order valence-electron chi connectivity index (χ1n) is 6.52. The molecule has 0 radical (unpaired) electrons. The highest BCUT2D eigenvalue weighted by Crippen LogP contribution is 2.06. The Kier molecular flexibility index (Phi) is 11.0. The highest BCUT2D eigenvalue weighted by atomic mass is 32.2. The molecule has 0 spiro atoms. The van der Waals surface area contributed by atoms with Crippen molar-refractivity contribution in [2.75, 3.05) is 32.3 Å². The number of hydrogen-bond donors (Lipinski definition) is 6. The molecular formula is C12H25NO7S. The summed E-state index contributed by atoms with van der Waals surface area (Å²) in [6.45, 7) is -0.915. The van der Waals surface area contributed by atoms with Crippen molar-refractivity contribution < 1.29 is 35.1 Å². The minimum atomic E-state index is -1.69. The van der Waals surface area contributed by atoms with E-state index in [9.17, 15) is 25.2 Å². The fourth-order valence-corrected chi connectivity index (χ4v) is 2.10. The minimum absolute atomic E-state index is 0.176. The summed E-state index contributed by atoms with van der Waals surface area (Å²) >= 11 is 1.55. The summed E-state index contributed by atoms with van der Waals surface area (Å²) < 4.78 is 4.63. The summed E-state index contributed by atoms with van der Waals surface area (Å²) in [4.78, 5) is 11.5. The van der Waals surface area contributed by atoms with Crippen LogP contribution >= 0.6 is 11.8 Å². The maximum atomic E-state index is 11.5. The molecule has 0 aliphatic rings. The molecule has 9 heteroatoms. The predicted molar refractivity (Wildman–Crippen MR) is 77.9 cm³/mol. The van der Waals surface area contributed by atoms with Gasteiger partial charge in [-0.05, 0) is 18.4 Å². The van der Waals surface area contributed by atoms with E-state index in [0.717, 1.165) is 0 Å². The van der Waals surface area contributed by atoms with Crippen LogP contribution in [0, 0.1) is 0 Å². The summed E-state index contributed by atoms with van der Waals surface area (Å²) in [5, 5.41) is 49.5. The number of rotatable bonds is 11. The number of hydrogen-bond acceptors (Lipinski definition) is 9. The van der Waals surface area contributed by atoms with Crippen LogP contribution in [0.3, 0.4) is 0 Å². The Morgan fingerprint density at radius 2 is 1.76 bits per heavy atom. The molecule has 0 aliphatic carbocycles. The fraction of sp³-hybridized carbons (Fsp3) is 0.917. The lowest BCUT2D eigenvalue weighted by molar-refractivity contribution is -0.143. The van der Waals surface area contributed by atoms with Gasteiger partial charge in [-0.2, -0.15) is 11.8 Å². The van der Waals surface area contributed by atoms with Gasteiger partial charge in [-0.1, -0.05) is 0 Å². The Morgan fingerprint density at radius 1 is 1.19 bits per heavy atom. The molecule has 5 atom stereocenters. The molecule has 0 saturated carbocycles. The lowest BCUT2D eigenvalue weighted by atomic mass is 10.0. The standard InChI is InChI=1S/C12H25NO7S/c1-20-12(19)7(3-4-21-2)13-5-8(15)10(17)11(18)9(16)6-14/h7-11,13-18H,3-6H2,1-2H3/t7-,8?,9?,10?,11?/m0/s1. The van der Waals surface area contributed by atoms with Crippen LogP contribution in [-0.4, -0.2) is 94.2 Å². The van der Waals surface area contributed by atoms with Crippen molar-refractivity contribution in [3.63, 3.8) is 0 Å². The van der Waals surface area contributed by atoms with Crippen molar-refractivity contribution in [2.24, 2.45) is 0 Å². The van der Waals surface area contributed by atoms with Gasteiger partial charge in [-0.25, -0.2) is 0 Å². The molecule has 0 aromatic rings. The smallest absolute Gasteiger partial charge is 0.322 e. The van der Waals surface area contributed by atoms with Gasteiger partial charge < -0.3 is 35.6 Å². The van der Waals surface area contributed by atoms with E-state index in [1.165, 1.54) is 7.11 Å². The van der Waals surface area contributed by atoms with Crippen LogP contribution in [0.1, 0.15) is 6.42 Å². The molecule has 21 heavy (non-hydrogen) atoms. The highest BCUT2D eigenvalue weighted by molar-refractivity contribution is 7.98. The molecule has 0 bridgehead atoms. The van der Waals surface area contributed by atoms with Crippen LogP contribution in [0.25, 0.3) is 0 Å². The van der Waals surface area contributed by atoms with Gasteiger partial charge in [-0.3, -0.25) is 4.79 Å². The number of aliphatic hydroxyl groups excluding tert-OH is 5. The maximum Gasteiger partial charge on any atom is 0.322 e. The number of nitrogens with one attached hydrogen (secondary N) is 1. The monoisotopic (exact) mass is 327 g/mol. The van der Waals surface area contributed by atoms with Crippen molar-refractivity contribution >= 4 is 17.7 Å². The third-order valence-electron chi connectivity index (χ3n) is 3.00. The molecule has 8 nitrogen and oxygen atoms in total. The molecule has 0 heterocycles. The van der Waals surface area contributed by atoms with Gasteiger partial charge in [0.15, 0.2) is 0 Å². The molecule has 126 valence electrons. The topological polar surface area (TPSA) is 139 Å². The van der Waals surface area contributed by atoms with Crippen molar-refractivity contribution in [3.8, 4) is 0 Å². The average Bonchev–Trinajstić information content (AvgIpc) is 2.51. The summed E-state index contributed by atoms with van der Waals surface area (Å²) in [6.07, 6.45) is -3.93. The predicted octanol–water partition coefficient (Wildman–Crippen LogP) is -2.69. The third-order valence-corrected chi connectivity index (χ3v) is 3.64. The molecule has 0 aliphatic heterocycles. The molecule has 0 amide bonds. The number of thioether (sulfide) groups is 1. The van der Waals surface area contributed by atoms with Gasteiger partial charge in [0.1, 0.15) is 24.4 Å². The molecule has 0 rings (SSSR count). The molecule has 0 saturated heterocycles. The van der Waals surface area contributed by atoms with E-state index in [-0.39, 0.29) is 6.54 Å². The minimum Gasteiger partial charge on any atom is -0.468 e. The Labute approximate surface area is 128 Å². The lowest BCUT2D eigenvalue weighted by Gasteiger charge is -2.27.